The Morgan fingerprint density at radius 3 is 1.02 bits per heavy atom. The Labute approximate surface area is 307 Å². The molecule has 2 fully saturated rings. The molecule has 2 aliphatic heterocycles. The van der Waals surface area contributed by atoms with Crippen molar-refractivity contribution in [2.24, 2.45) is 0 Å². The van der Waals surface area contributed by atoms with Gasteiger partial charge in [0.1, 0.15) is 0 Å². The lowest BCUT2D eigenvalue weighted by molar-refractivity contribution is -0.163. The molecule has 282 valence electrons. The van der Waals surface area contributed by atoms with E-state index in [0.717, 1.165) is 39.3 Å². The van der Waals surface area contributed by atoms with Gasteiger partial charge in [-0.15, -0.1) is 0 Å². The van der Waals surface area contributed by atoms with Crippen molar-refractivity contribution in [3.8, 4) is 11.1 Å². The average Bonchev–Trinajstić information content (AvgIpc) is 3.17. The van der Waals surface area contributed by atoms with Crippen molar-refractivity contribution in [2.45, 2.75) is 192 Å². The van der Waals surface area contributed by atoms with E-state index in [2.05, 4.69) is 48.5 Å². The first kappa shape index (κ1) is 41.0. The molecule has 0 aromatic heterocycles. The second kappa shape index (κ2) is 27.9. The molecule has 2 heterocycles. The van der Waals surface area contributed by atoms with Crippen LogP contribution in [0.4, 0.5) is 0 Å². The summed E-state index contributed by atoms with van der Waals surface area (Å²) in [5, 5.41) is 0. The molecule has 2 atom stereocenters. The maximum absolute atomic E-state index is 5.84. The molecule has 0 aliphatic carbocycles. The highest BCUT2D eigenvalue weighted by Gasteiger charge is 2.14. The third-order valence-corrected chi connectivity index (χ3v) is 10.8. The lowest BCUT2D eigenvalue weighted by Gasteiger charge is -2.22. The molecule has 2 saturated heterocycles. The van der Waals surface area contributed by atoms with Gasteiger partial charge >= 0.3 is 0 Å². The molecule has 0 saturated carbocycles. The number of ether oxygens (including phenoxy) is 4. The van der Waals surface area contributed by atoms with Crippen LogP contribution < -0.4 is 0 Å². The average molecular weight is 691 g/mol. The zero-order valence-electron chi connectivity index (χ0n) is 32.0. The van der Waals surface area contributed by atoms with Gasteiger partial charge in [-0.3, -0.25) is 0 Å². The summed E-state index contributed by atoms with van der Waals surface area (Å²) in [5.41, 5.74) is 5.65. The van der Waals surface area contributed by atoms with Crippen LogP contribution in [0.3, 0.4) is 0 Å². The first-order valence-electron chi connectivity index (χ1n) is 21.5. The van der Waals surface area contributed by atoms with Crippen LogP contribution in [0.15, 0.2) is 48.5 Å². The Morgan fingerprint density at radius 2 is 0.700 bits per heavy atom. The third-order valence-electron chi connectivity index (χ3n) is 10.8. The summed E-state index contributed by atoms with van der Waals surface area (Å²) in [6.45, 7) is 3.50. The summed E-state index contributed by atoms with van der Waals surface area (Å²) < 4.78 is 23.0. The SMILES string of the molecule is c1cc(-c2ccc(CCCCCCCCCCCCOC3CCCCO3)cc2)ccc1CCCCCCCCCCCCOC1CCCCO1. The van der Waals surface area contributed by atoms with E-state index in [1.165, 1.54) is 189 Å². The standard InChI is InChI=1S/C46H74O4/c1(3-7-11-15-21-37-47-45-27-19-23-39-49-45)5-9-13-17-25-41-29-33-43(34-30-41)44-35-31-42(32-36-44)26-18-14-10-6-2-4-8-12-16-22-38-48-46-28-20-24-40-50-46/h29-36,45-46H,1-28,37-40H2. The van der Waals surface area contributed by atoms with Crippen LogP contribution in [0.2, 0.25) is 0 Å². The van der Waals surface area contributed by atoms with Crippen molar-refractivity contribution in [3.05, 3.63) is 59.7 Å². The van der Waals surface area contributed by atoms with Crippen molar-refractivity contribution < 1.29 is 18.9 Å². The summed E-state index contributed by atoms with van der Waals surface area (Å²) in [6.07, 6.45) is 36.5. The van der Waals surface area contributed by atoms with Crippen molar-refractivity contribution in [3.63, 3.8) is 0 Å². The lowest BCUT2D eigenvalue weighted by Crippen LogP contribution is -2.22. The molecule has 2 aromatic rings. The van der Waals surface area contributed by atoms with E-state index >= 15 is 0 Å². The Morgan fingerprint density at radius 1 is 0.380 bits per heavy atom. The molecule has 0 N–H and O–H groups in total. The highest BCUT2D eigenvalue weighted by Crippen LogP contribution is 2.23. The number of benzene rings is 2. The normalized spacial score (nSPS) is 18.1. The number of hydrogen-bond donors (Lipinski definition) is 0. The summed E-state index contributed by atoms with van der Waals surface area (Å²) in [7, 11) is 0. The van der Waals surface area contributed by atoms with Gasteiger partial charge in [-0.25, -0.2) is 0 Å². The largest absolute Gasteiger partial charge is 0.353 e. The van der Waals surface area contributed by atoms with Crippen LogP contribution in [-0.2, 0) is 31.8 Å². The van der Waals surface area contributed by atoms with E-state index in [4.69, 9.17) is 18.9 Å². The van der Waals surface area contributed by atoms with Crippen LogP contribution in [0.25, 0.3) is 11.1 Å². The predicted octanol–water partition coefficient (Wildman–Crippen LogP) is 13.3. The summed E-state index contributed by atoms with van der Waals surface area (Å²) >= 11 is 0. The smallest absolute Gasteiger partial charge is 0.157 e. The monoisotopic (exact) mass is 691 g/mol. The first-order chi connectivity index (χ1) is 24.9. The number of hydrogen-bond acceptors (Lipinski definition) is 4. The van der Waals surface area contributed by atoms with Gasteiger partial charge in [0.15, 0.2) is 12.6 Å². The fourth-order valence-corrected chi connectivity index (χ4v) is 7.53. The summed E-state index contributed by atoms with van der Waals surface area (Å²) in [5.74, 6) is 0. The van der Waals surface area contributed by atoms with E-state index in [-0.39, 0.29) is 12.6 Å². The van der Waals surface area contributed by atoms with Crippen LogP contribution in [0.5, 0.6) is 0 Å². The van der Waals surface area contributed by atoms with Gasteiger partial charge in [-0.05, 0) is 99.3 Å². The van der Waals surface area contributed by atoms with Crippen molar-refractivity contribution in [2.75, 3.05) is 26.4 Å². The third kappa shape index (κ3) is 19.2. The minimum Gasteiger partial charge on any atom is -0.353 e. The topological polar surface area (TPSA) is 36.9 Å². The van der Waals surface area contributed by atoms with Gasteiger partial charge in [0.25, 0.3) is 0 Å². The quantitative estimate of drug-likeness (QED) is 0.0796. The zero-order valence-corrected chi connectivity index (χ0v) is 32.0. The Kier molecular flexibility index (Phi) is 22.9. The number of unbranched alkanes of at least 4 members (excludes halogenated alkanes) is 18. The van der Waals surface area contributed by atoms with Crippen molar-refractivity contribution in [1.29, 1.82) is 0 Å². The molecule has 0 amide bonds. The Hall–Kier alpha value is -1.72. The van der Waals surface area contributed by atoms with Crippen LogP contribution in [0.1, 0.15) is 178 Å². The van der Waals surface area contributed by atoms with Crippen LogP contribution >= 0.6 is 0 Å². The van der Waals surface area contributed by atoms with Gasteiger partial charge in [0.2, 0.25) is 0 Å². The Bertz CT molecular complexity index is 953. The van der Waals surface area contributed by atoms with Crippen LogP contribution in [0, 0.1) is 0 Å². The van der Waals surface area contributed by atoms with E-state index in [1.807, 2.05) is 0 Å². The van der Waals surface area contributed by atoms with Crippen molar-refractivity contribution in [1.82, 2.24) is 0 Å². The highest BCUT2D eigenvalue weighted by molar-refractivity contribution is 5.64. The van der Waals surface area contributed by atoms with E-state index in [1.54, 1.807) is 0 Å². The van der Waals surface area contributed by atoms with Gasteiger partial charge in [0, 0.05) is 26.4 Å². The molecule has 2 unspecified atom stereocenters. The van der Waals surface area contributed by atoms with Crippen molar-refractivity contribution >= 4 is 0 Å². The molecule has 0 bridgehead atoms. The molecule has 50 heavy (non-hydrogen) atoms. The van der Waals surface area contributed by atoms with E-state index in [9.17, 15) is 0 Å². The summed E-state index contributed by atoms with van der Waals surface area (Å²) in [6, 6.07) is 18.7. The minimum atomic E-state index is 0.0799. The maximum Gasteiger partial charge on any atom is 0.157 e. The van der Waals surface area contributed by atoms with Gasteiger partial charge in [-0.2, -0.15) is 0 Å². The van der Waals surface area contributed by atoms with Gasteiger partial charge in [0.05, 0.1) is 0 Å². The molecule has 0 radical (unpaired) electrons. The molecule has 4 nitrogen and oxygen atoms in total. The molecule has 2 aromatic carbocycles. The first-order valence-corrected chi connectivity index (χ1v) is 21.5. The molecule has 2 aliphatic rings. The zero-order chi connectivity index (χ0) is 34.6. The number of aryl methyl sites for hydroxylation is 2. The molecule has 4 heteroatoms. The fraction of sp³-hybridized carbons (Fsp3) is 0.739. The van der Waals surface area contributed by atoms with E-state index < -0.39 is 0 Å². The number of rotatable bonds is 29. The lowest BCUT2D eigenvalue weighted by atomic mass is 9.98. The van der Waals surface area contributed by atoms with Gasteiger partial charge in [-0.1, -0.05) is 151 Å². The maximum atomic E-state index is 5.84. The predicted molar refractivity (Wildman–Crippen MR) is 211 cm³/mol. The summed E-state index contributed by atoms with van der Waals surface area (Å²) in [4.78, 5) is 0. The van der Waals surface area contributed by atoms with E-state index in [0.29, 0.717) is 0 Å². The fourth-order valence-electron chi connectivity index (χ4n) is 7.53. The molecule has 4 rings (SSSR count). The van der Waals surface area contributed by atoms with Gasteiger partial charge < -0.3 is 18.9 Å². The van der Waals surface area contributed by atoms with Crippen LogP contribution in [-0.4, -0.2) is 39.0 Å². The molecule has 0 spiro atoms. The second-order valence-electron chi connectivity index (χ2n) is 15.3. The second-order valence-corrected chi connectivity index (χ2v) is 15.3. The Balaban J connectivity index is 0.902. The highest BCUT2D eigenvalue weighted by atomic mass is 16.7. The molecular weight excluding hydrogens is 617 g/mol. The minimum absolute atomic E-state index is 0.0799. The molecular formula is C46H74O4.